The first-order valence-electron chi connectivity index (χ1n) is 5.59. The van der Waals surface area contributed by atoms with Crippen molar-refractivity contribution in [2.24, 2.45) is 0 Å². The van der Waals surface area contributed by atoms with Gasteiger partial charge in [0.25, 0.3) is 10.0 Å². The van der Waals surface area contributed by atoms with Gasteiger partial charge in [0.2, 0.25) is 0 Å². The van der Waals surface area contributed by atoms with Crippen LogP contribution in [-0.4, -0.2) is 18.4 Å². The summed E-state index contributed by atoms with van der Waals surface area (Å²) in [6, 6.07) is 8.07. The molecule has 1 heterocycles. The van der Waals surface area contributed by atoms with Crippen LogP contribution >= 0.6 is 31.9 Å². The molecule has 2 rings (SSSR count). The monoisotopic (exact) mass is 430 g/mol. The van der Waals surface area contributed by atoms with Gasteiger partial charge in [-0.25, -0.2) is 18.4 Å². The summed E-state index contributed by atoms with van der Waals surface area (Å²) in [7, 11) is -3.76. The van der Waals surface area contributed by atoms with Crippen LogP contribution in [0.25, 0.3) is 0 Å². The van der Waals surface area contributed by atoms with Crippen LogP contribution in [0.2, 0.25) is 0 Å². The molecule has 21 heavy (non-hydrogen) atoms. The van der Waals surface area contributed by atoms with E-state index in [2.05, 4.69) is 46.5 Å². The third kappa shape index (κ3) is 4.00. The number of sulfonamides is 1. The summed E-state index contributed by atoms with van der Waals surface area (Å²) in [6.07, 6.45) is 1.62. The third-order valence-electron chi connectivity index (χ3n) is 2.45. The number of hydrogen-bond acceptors (Lipinski definition) is 5. The lowest BCUT2D eigenvalue weighted by Crippen LogP contribution is -2.14. The van der Waals surface area contributed by atoms with Gasteiger partial charge in [0, 0.05) is 0 Å². The molecule has 0 aliphatic rings. The molecule has 0 atom stereocenters. The maximum atomic E-state index is 12.2. The first kappa shape index (κ1) is 15.9. The Labute approximate surface area is 138 Å². The fourth-order valence-corrected chi connectivity index (χ4v) is 3.54. The molecule has 108 valence electrons. The fraction of sp³-hybridized carbons (Fsp3) is 0.0833. The zero-order valence-electron chi connectivity index (χ0n) is 10.4. The predicted molar refractivity (Wildman–Crippen MR) is 84.0 cm³/mol. The number of halogens is 2. The molecule has 0 aliphatic carbocycles. The molecule has 0 bridgehead atoms. The van der Waals surface area contributed by atoms with Crippen LogP contribution in [0.1, 0.15) is 5.56 Å². The van der Waals surface area contributed by atoms with Gasteiger partial charge < -0.3 is 0 Å². The number of nitrogens with one attached hydrogen (secondary N) is 1. The Hall–Kier alpha value is -1.50. The average Bonchev–Trinajstić information content (AvgIpc) is 2.43. The minimum atomic E-state index is -3.76. The second kappa shape index (κ2) is 6.51. The predicted octanol–water partition coefficient (Wildman–Crippen LogP) is 2.87. The molecule has 6 nitrogen and oxygen atoms in total. The van der Waals surface area contributed by atoms with E-state index in [1.807, 2.05) is 6.07 Å². The van der Waals surface area contributed by atoms with Gasteiger partial charge in [-0.1, -0.05) is 12.1 Å². The van der Waals surface area contributed by atoms with Gasteiger partial charge in [0.1, 0.15) is 4.60 Å². The van der Waals surface area contributed by atoms with Gasteiger partial charge in [0.05, 0.1) is 23.6 Å². The van der Waals surface area contributed by atoms with Gasteiger partial charge in [-0.15, -0.1) is 0 Å². The molecule has 1 aromatic heterocycles. The lowest BCUT2D eigenvalue weighted by Gasteiger charge is -2.08. The molecule has 1 N–H and O–H groups in total. The maximum absolute atomic E-state index is 12.2. The molecule has 0 amide bonds. The van der Waals surface area contributed by atoms with Crippen molar-refractivity contribution in [2.45, 2.75) is 11.3 Å². The van der Waals surface area contributed by atoms with E-state index in [1.165, 1.54) is 18.3 Å². The van der Waals surface area contributed by atoms with Crippen LogP contribution in [0.15, 0.2) is 44.6 Å². The Kier molecular flexibility index (Phi) is 4.92. The van der Waals surface area contributed by atoms with E-state index in [1.54, 1.807) is 12.1 Å². The molecule has 0 saturated heterocycles. The summed E-state index contributed by atoms with van der Waals surface area (Å²) in [5, 5.41) is 8.59. The smallest absolute Gasteiger partial charge is 0.261 e. The number of aromatic nitrogens is 2. The second-order valence-corrected chi connectivity index (χ2v) is 7.16. The van der Waals surface area contributed by atoms with Crippen molar-refractivity contribution >= 4 is 47.7 Å². The van der Waals surface area contributed by atoms with Gasteiger partial charge >= 0.3 is 0 Å². The van der Waals surface area contributed by atoms with Crippen molar-refractivity contribution in [3.63, 3.8) is 0 Å². The third-order valence-corrected chi connectivity index (χ3v) is 4.74. The summed E-state index contributed by atoms with van der Waals surface area (Å²) < 4.78 is 27.6. The van der Waals surface area contributed by atoms with E-state index in [-0.39, 0.29) is 21.7 Å². The van der Waals surface area contributed by atoms with Gasteiger partial charge in [-0.05, 0) is 49.6 Å². The minimum Gasteiger partial charge on any atom is -0.261 e. The standard InChI is InChI=1S/C12H8Br2N4O2S/c13-10-7-16-12(11(14)17-10)18-21(19,20)9-3-1-8(2-4-9)5-6-15/h1-4,7H,5H2,(H,16,18). The van der Waals surface area contributed by atoms with Crippen molar-refractivity contribution in [3.05, 3.63) is 45.2 Å². The van der Waals surface area contributed by atoms with Gasteiger partial charge in [-0.3, -0.25) is 4.72 Å². The molecule has 0 spiro atoms. The zero-order valence-corrected chi connectivity index (χ0v) is 14.4. The summed E-state index contributed by atoms with van der Waals surface area (Å²) in [5.74, 6) is 0.0966. The summed E-state index contributed by atoms with van der Waals surface area (Å²) >= 11 is 6.27. The normalized spacial score (nSPS) is 10.9. The lowest BCUT2D eigenvalue weighted by molar-refractivity contribution is 0.601. The molecule has 1 aromatic carbocycles. The number of rotatable bonds is 4. The molecular formula is C12H8Br2N4O2S. The van der Waals surface area contributed by atoms with Crippen molar-refractivity contribution in [2.75, 3.05) is 4.72 Å². The quantitative estimate of drug-likeness (QED) is 0.802. The minimum absolute atomic E-state index is 0.0841. The van der Waals surface area contributed by atoms with Crippen molar-refractivity contribution in [1.82, 2.24) is 9.97 Å². The second-order valence-electron chi connectivity index (χ2n) is 3.92. The van der Waals surface area contributed by atoms with E-state index >= 15 is 0 Å². The molecule has 0 saturated carbocycles. The highest BCUT2D eigenvalue weighted by atomic mass is 79.9. The Bertz CT molecular complexity index is 801. The van der Waals surface area contributed by atoms with Crippen molar-refractivity contribution in [1.29, 1.82) is 5.26 Å². The SMILES string of the molecule is N#CCc1ccc(S(=O)(=O)Nc2ncc(Br)nc2Br)cc1. The van der Waals surface area contributed by atoms with Crippen LogP contribution in [0, 0.1) is 11.3 Å². The van der Waals surface area contributed by atoms with E-state index < -0.39 is 10.0 Å². The number of nitriles is 1. The number of anilines is 1. The maximum Gasteiger partial charge on any atom is 0.263 e. The first-order chi connectivity index (χ1) is 9.92. The largest absolute Gasteiger partial charge is 0.263 e. The van der Waals surface area contributed by atoms with E-state index in [0.29, 0.717) is 4.60 Å². The van der Waals surface area contributed by atoms with Crippen molar-refractivity contribution < 1.29 is 8.42 Å². The number of hydrogen-bond donors (Lipinski definition) is 1. The molecule has 9 heteroatoms. The van der Waals surface area contributed by atoms with E-state index in [0.717, 1.165) is 5.56 Å². The first-order valence-corrected chi connectivity index (χ1v) is 8.66. The van der Waals surface area contributed by atoms with Gasteiger partial charge in [0.15, 0.2) is 10.4 Å². The summed E-state index contributed by atoms with van der Waals surface area (Å²) in [5.41, 5.74) is 0.751. The topological polar surface area (TPSA) is 95.7 Å². The highest BCUT2D eigenvalue weighted by Gasteiger charge is 2.17. The zero-order chi connectivity index (χ0) is 15.5. The molecule has 2 aromatic rings. The van der Waals surface area contributed by atoms with Gasteiger partial charge in [-0.2, -0.15) is 5.26 Å². The Balaban J connectivity index is 2.27. The van der Waals surface area contributed by atoms with Crippen LogP contribution in [0.4, 0.5) is 5.82 Å². The van der Waals surface area contributed by atoms with Crippen LogP contribution in [-0.2, 0) is 16.4 Å². The van der Waals surface area contributed by atoms with Crippen LogP contribution in [0.3, 0.4) is 0 Å². The average molecular weight is 432 g/mol. The Morgan fingerprint density at radius 1 is 1.24 bits per heavy atom. The number of nitrogens with zero attached hydrogens (tertiary/aromatic N) is 3. The Morgan fingerprint density at radius 2 is 1.90 bits per heavy atom. The Morgan fingerprint density at radius 3 is 2.48 bits per heavy atom. The molecule has 0 unspecified atom stereocenters. The van der Waals surface area contributed by atoms with Crippen LogP contribution < -0.4 is 4.72 Å². The van der Waals surface area contributed by atoms with Crippen molar-refractivity contribution in [3.8, 4) is 6.07 Å². The molecule has 0 aliphatic heterocycles. The molecule has 0 radical (unpaired) electrons. The summed E-state index contributed by atoms with van der Waals surface area (Å²) in [4.78, 5) is 8.03. The molecule has 0 fully saturated rings. The lowest BCUT2D eigenvalue weighted by atomic mass is 10.2. The fourth-order valence-electron chi connectivity index (χ4n) is 1.48. The highest BCUT2D eigenvalue weighted by Crippen LogP contribution is 2.22. The summed E-state index contributed by atoms with van der Waals surface area (Å²) in [6.45, 7) is 0. The number of benzene rings is 1. The van der Waals surface area contributed by atoms with E-state index in [4.69, 9.17) is 5.26 Å². The molecular weight excluding hydrogens is 424 g/mol. The highest BCUT2D eigenvalue weighted by molar-refractivity contribution is 9.11. The van der Waals surface area contributed by atoms with Crippen LogP contribution in [0.5, 0.6) is 0 Å². The van der Waals surface area contributed by atoms with E-state index in [9.17, 15) is 8.42 Å².